The lowest BCUT2D eigenvalue weighted by Crippen LogP contribution is -2.34. The minimum Gasteiger partial charge on any atom is -0.494 e. The third-order valence-corrected chi connectivity index (χ3v) is 4.10. The van der Waals surface area contributed by atoms with Gasteiger partial charge in [-0.3, -0.25) is 4.79 Å². The first-order valence-electron chi connectivity index (χ1n) is 8.97. The number of anilines is 1. The van der Waals surface area contributed by atoms with E-state index < -0.39 is 6.04 Å². The minimum absolute atomic E-state index is 0.207. The van der Waals surface area contributed by atoms with Crippen LogP contribution in [0.5, 0.6) is 5.75 Å². The Morgan fingerprint density at radius 3 is 2.56 bits per heavy atom. The number of hydrazone groups is 1. The van der Waals surface area contributed by atoms with Crippen LogP contribution in [0.15, 0.2) is 71.8 Å². The van der Waals surface area contributed by atoms with Gasteiger partial charge in [0, 0.05) is 5.69 Å². The Hall–Kier alpha value is -3.34. The van der Waals surface area contributed by atoms with Gasteiger partial charge >= 0.3 is 0 Å². The molecule has 0 radical (unpaired) electrons. The van der Waals surface area contributed by atoms with Gasteiger partial charge in [0.1, 0.15) is 11.8 Å². The maximum absolute atomic E-state index is 12.2. The number of amides is 1. The molecule has 0 aliphatic heterocycles. The molecule has 0 aliphatic carbocycles. The first-order valence-corrected chi connectivity index (χ1v) is 8.97. The van der Waals surface area contributed by atoms with Gasteiger partial charge in [-0.25, -0.2) is 5.43 Å². The highest BCUT2D eigenvalue weighted by molar-refractivity contribution is 5.91. The minimum atomic E-state index is -0.420. The van der Waals surface area contributed by atoms with Crippen LogP contribution >= 0.6 is 0 Å². The van der Waals surface area contributed by atoms with E-state index in [0.29, 0.717) is 6.61 Å². The lowest BCUT2D eigenvalue weighted by molar-refractivity contribution is -0.121. The summed E-state index contributed by atoms with van der Waals surface area (Å²) in [7, 11) is 0. The fourth-order valence-electron chi connectivity index (χ4n) is 2.68. The van der Waals surface area contributed by atoms with E-state index in [1.54, 1.807) is 13.1 Å². The number of hydrogen-bond acceptors (Lipinski definition) is 4. The van der Waals surface area contributed by atoms with Gasteiger partial charge in [0.2, 0.25) is 0 Å². The molecule has 1 amide bonds. The predicted molar refractivity (Wildman–Crippen MR) is 110 cm³/mol. The molecule has 2 N–H and O–H groups in total. The predicted octanol–water partition coefficient (Wildman–Crippen LogP) is 4.19. The zero-order chi connectivity index (χ0) is 19.1. The summed E-state index contributed by atoms with van der Waals surface area (Å²) < 4.78 is 5.41. The Labute approximate surface area is 159 Å². The molecule has 3 aromatic rings. The topological polar surface area (TPSA) is 62.7 Å². The summed E-state index contributed by atoms with van der Waals surface area (Å²) in [5.74, 6) is 0.598. The number of fused-ring (bicyclic) bond motifs is 1. The zero-order valence-corrected chi connectivity index (χ0v) is 15.5. The Morgan fingerprint density at radius 1 is 1.07 bits per heavy atom. The Balaban J connectivity index is 1.54. The maximum Gasteiger partial charge on any atom is 0.262 e. The van der Waals surface area contributed by atoms with Crippen LogP contribution in [0.25, 0.3) is 10.8 Å². The van der Waals surface area contributed by atoms with E-state index in [2.05, 4.69) is 21.9 Å². The second-order valence-electron chi connectivity index (χ2n) is 6.16. The number of rotatable bonds is 7. The molecular weight excluding hydrogens is 338 g/mol. The molecule has 0 fully saturated rings. The van der Waals surface area contributed by atoms with Gasteiger partial charge in [-0.2, -0.15) is 5.10 Å². The van der Waals surface area contributed by atoms with Crippen molar-refractivity contribution in [2.75, 3.05) is 11.9 Å². The monoisotopic (exact) mass is 361 g/mol. The molecule has 0 aliphatic rings. The van der Waals surface area contributed by atoms with E-state index in [-0.39, 0.29) is 5.91 Å². The van der Waals surface area contributed by atoms with Crippen LogP contribution in [0.3, 0.4) is 0 Å². The maximum atomic E-state index is 12.2. The average Bonchev–Trinajstić information content (AvgIpc) is 2.69. The van der Waals surface area contributed by atoms with Crippen molar-refractivity contribution >= 4 is 28.6 Å². The van der Waals surface area contributed by atoms with E-state index in [1.807, 2.05) is 67.6 Å². The molecule has 5 nitrogen and oxygen atoms in total. The van der Waals surface area contributed by atoms with Crippen LogP contribution < -0.4 is 15.5 Å². The van der Waals surface area contributed by atoms with Crippen molar-refractivity contribution in [1.29, 1.82) is 0 Å². The van der Waals surface area contributed by atoms with Gasteiger partial charge in [-0.05, 0) is 60.5 Å². The summed E-state index contributed by atoms with van der Waals surface area (Å²) in [5, 5.41) is 9.52. The molecule has 0 spiro atoms. The van der Waals surface area contributed by atoms with Crippen molar-refractivity contribution in [3.8, 4) is 5.75 Å². The normalized spacial score (nSPS) is 12.1. The summed E-state index contributed by atoms with van der Waals surface area (Å²) in [4.78, 5) is 12.2. The van der Waals surface area contributed by atoms with Crippen molar-refractivity contribution in [3.05, 3.63) is 72.3 Å². The molecule has 138 valence electrons. The van der Waals surface area contributed by atoms with Gasteiger partial charge < -0.3 is 10.1 Å². The van der Waals surface area contributed by atoms with Gasteiger partial charge in [0.15, 0.2) is 0 Å². The molecule has 5 heteroatoms. The van der Waals surface area contributed by atoms with Crippen LogP contribution in [-0.2, 0) is 4.79 Å². The van der Waals surface area contributed by atoms with E-state index in [1.165, 1.54) is 5.39 Å². The van der Waals surface area contributed by atoms with Gasteiger partial charge in [-0.1, -0.05) is 36.4 Å². The quantitative estimate of drug-likeness (QED) is 0.490. The van der Waals surface area contributed by atoms with E-state index in [0.717, 1.165) is 22.4 Å². The van der Waals surface area contributed by atoms with E-state index in [4.69, 9.17) is 4.74 Å². The van der Waals surface area contributed by atoms with E-state index in [9.17, 15) is 4.79 Å². The molecular formula is C22H23N3O2. The van der Waals surface area contributed by atoms with Crippen LogP contribution in [-0.4, -0.2) is 24.8 Å². The molecule has 0 aromatic heterocycles. The lowest BCUT2D eigenvalue weighted by Gasteiger charge is -2.14. The van der Waals surface area contributed by atoms with Crippen LogP contribution in [0.1, 0.15) is 19.4 Å². The number of ether oxygens (including phenoxy) is 1. The molecule has 3 rings (SSSR count). The molecule has 0 saturated heterocycles. The largest absolute Gasteiger partial charge is 0.494 e. The van der Waals surface area contributed by atoms with E-state index >= 15 is 0 Å². The van der Waals surface area contributed by atoms with Gasteiger partial charge in [0.25, 0.3) is 5.91 Å². The average molecular weight is 361 g/mol. The first kappa shape index (κ1) is 18.5. The molecule has 1 atom stereocenters. The third kappa shape index (κ3) is 5.07. The lowest BCUT2D eigenvalue weighted by atomic mass is 10.1. The third-order valence-electron chi connectivity index (χ3n) is 4.10. The summed E-state index contributed by atoms with van der Waals surface area (Å²) in [5.41, 5.74) is 4.35. The number of nitrogens with one attached hydrogen (secondary N) is 2. The van der Waals surface area contributed by atoms with Crippen LogP contribution in [0, 0.1) is 0 Å². The number of benzene rings is 3. The van der Waals surface area contributed by atoms with Crippen molar-refractivity contribution in [2.45, 2.75) is 19.9 Å². The Kier molecular flexibility index (Phi) is 6.05. The van der Waals surface area contributed by atoms with Crippen LogP contribution in [0.2, 0.25) is 0 Å². The Morgan fingerprint density at radius 2 is 1.81 bits per heavy atom. The second-order valence-corrected chi connectivity index (χ2v) is 6.16. The van der Waals surface area contributed by atoms with Crippen molar-refractivity contribution in [2.24, 2.45) is 5.10 Å². The number of carbonyl (C=O) groups excluding carboxylic acids is 1. The standard InChI is InChI=1S/C22H23N3O2/c1-3-27-21-12-10-20(11-13-21)24-16(2)22(26)25-23-15-17-8-9-18-6-4-5-7-19(18)14-17/h4-16,24H,3H2,1-2H3,(H,25,26)/b23-15-/t16-/m0/s1. The fourth-order valence-corrected chi connectivity index (χ4v) is 2.68. The number of carbonyl (C=O) groups is 1. The van der Waals surface area contributed by atoms with Crippen molar-refractivity contribution in [1.82, 2.24) is 5.43 Å². The van der Waals surface area contributed by atoms with Gasteiger partial charge in [0.05, 0.1) is 12.8 Å². The van der Waals surface area contributed by atoms with Crippen molar-refractivity contribution in [3.63, 3.8) is 0 Å². The highest BCUT2D eigenvalue weighted by Gasteiger charge is 2.11. The number of hydrogen-bond donors (Lipinski definition) is 2. The smallest absolute Gasteiger partial charge is 0.262 e. The molecule has 3 aromatic carbocycles. The highest BCUT2D eigenvalue weighted by atomic mass is 16.5. The molecule has 27 heavy (non-hydrogen) atoms. The summed E-state index contributed by atoms with van der Waals surface area (Å²) >= 11 is 0. The Bertz CT molecular complexity index is 936. The number of nitrogens with zero attached hydrogens (tertiary/aromatic N) is 1. The van der Waals surface area contributed by atoms with Gasteiger partial charge in [-0.15, -0.1) is 0 Å². The van der Waals surface area contributed by atoms with Crippen LogP contribution in [0.4, 0.5) is 5.69 Å². The van der Waals surface area contributed by atoms with Crippen molar-refractivity contribution < 1.29 is 9.53 Å². The SMILES string of the molecule is CCOc1ccc(N[C@@H](C)C(=O)N/N=C\c2ccc3ccccc3c2)cc1. The molecule has 0 saturated carbocycles. The first-order chi connectivity index (χ1) is 13.2. The molecule has 0 unspecified atom stereocenters. The summed E-state index contributed by atoms with van der Waals surface area (Å²) in [6.07, 6.45) is 1.65. The summed E-state index contributed by atoms with van der Waals surface area (Å²) in [6, 6.07) is 21.2. The molecule has 0 bridgehead atoms. The fraction of sp³-hybridized carbons (Fsp3) is 0.182. The highest BCUT2D eigenvalue weighted by Crippen LogP contribution is 2.16. The molecule has 0 heterocycles. The second kappa shape index (κ2) is 8.85. The summed E-state index contributed by atoms with van der Waals surface area (Å²) in [6.45, 7) is 4.36. The zero-order valence-electron chi connectivity index (χ0n) is 15.5.